The summed E-state index contributed by atoms with van der Waals surface area (Å²) in [5.41, 5.74) is -0.705. The summed E-state index contributed by atoms with van der Waals surface area (Å²) in [4.78, 5) is 16.8. The molecule has 0 spiro atoms. The lowest BCUT2D eigenvalue weighted by molar-refractivity contribution is -0.145. The largest absolute Gasteiger partial charge is 0.494 e. The third kappa shape index (κ3) is 2.03. The second-order valence-electron chi connectivity index (χ2n) is 6.76. The Balaban J connectivity index is 1.55. The lowest BCUT2D eigenvalue weighted by Gasteiger charge is -2.21. The number of fused-ring (bicyclic) bond motifs is 5. The van der Waals surface area contributed by atoms with Gasteiger partial charge in [0, 0.05) is 18.7 Å². The Kier molecular flexibility index (Phi) is 3.14. The van der Waals surface area contributed by atoms with Gasteiger partial charge in [-0.3, -0.25) is 4.57 Å². The number of aromatic hydroxyl groups is 4. The van der Waals surface area contributed by atoms with Crippen LogP contribution in [-0.4, -0.2) is 35.7 Å². The number of hydrogen-bond acceptors (Lipinski definition) is 7. The van der Waals surface area contributed by atoms with Crippen LogP contribution in [0, 0.1) is 0 Å². The molecule has 2 aliphatic heterocycles. The van der Waals surface area contributed by atoms with Gasteiger partial charge in [-0.2, -0.15) is 0 Å². The molecule has 0 unspecified atom stereocenters. The van der Waals surface area contributed by atoms with Gasteiger partial charge in [0.15, 0.2) is 0 Å². The number of hydrogen-bond donors (Lipinski definition) is 4. The van der Waals surface area contributed by atoms with Gasteiger partial charge in [-0.25, -0.2) is 4.79 Å². The molecule has 4 N–H and O–H groups in total. The predicted molar refractivity (Wildman–Crippen MR) is 86.7 cm³/mol. The van der Waals surface area contributed by atoms with Crippen molar-refractivity contribution in [2.24, 2.45) is 0 Å². The summed E-state index contributed by atoms with van der Waals surface area (Å²) in [6.07, 6.45) is 3.43. The molecule has 26 heavy (non-hydrogen) atoms. The molecule has 0 aromatic carbocycles. The van der Waals surface area contributed by atoms with Crippen molar-refractivity contribution in [3.05, 3.63) is 35.4 Å². The molecule has 9 heteroatoms. The quantitative estimate of drug-likeness (QED) is 0.602. The molecule has 0 saturated heterocycles. The normalized spacial score (nSPS) is 25.6. The van der Waals surface area contributed by atoms with E-state index in [9.17, 15) is 25.2 Å². The highest BCUT2D eigenvalue weighted by Crippen LogP contribution is 2.60. The fourth-order valence-corrected chi connectivity index (χ4v) is 3.69. The first-order chi connectivity index (χ1) is 12.2. The maximum Gasteiger partial charge on any atom is 0.335 e. The lowest BCUT2D eigenvalue weighted by Crippen LogP contribution is -2.21. The predicted octanol–water partition coefficient (Wildman–Crippen LogP) is 1.19. The summed E-state index contributed by atoms with van der Waals surface area (Å²) >= 11 is 0. The molecule has 0 radical (unpaired) electrons. The maximum absolute atomic E-state index is 12.0. The van der Waals surface area contributed by atoms with Gasteiger partial charge in [0.2, 0.25) is 23.5 Å². The number of carbonyl (C=O) groups excluding carboxylic acids is 1. The zero-order valence-corrected chi connectivity index (χ0v) is 14.1. The first-order valence-electron chi connectivity index (χ1n) is 8.03. The van der Waals surface area contributed by atoms with Crippen molar-refractivity contribution < 1.29 is 34.8 Å². The Morgan fingerprint density at radius 1 is 1.04 bits per heavy atom. The fourth-order valence-electron chi connectivity index (χ4n) is 3.69. The molecule has 2 atom stereocenters. The summed E-state index contributed by atoms with van der Waals surface area (Å²) in [5, 5.41) is 40.0. The van der Waals surface area contributed by atoms with Crippen molar-refractivity contribution in [2.75, 3.05) is 0 Å². The zero-order valence-electron chi connectivity index (χ0n) is 14.1. The number of rotatable bonds is 4. The zero-order chi connectivity index (χ0) is 18.9. The minimum absolute atomic E-state index is 0.0571. The van der Waals surface area contributed by atoms with Gasteiger partial charge in [0.25, 0.3) is 0 Å². The van der Waals surface area contributed by atoms with E-state index in [4.69, 9.17) is 9.57 Å². The summed E-state index contributed by atoms with van der Waals surface area (Å²) in [7, 11) is 0. The number of ether oxygens (including phenoxy) is 1. The van der Waals surface area contributed by atoms with E-state index >= 15 is 0 Å². The molecule has 2 aliphatic rings. The van der Waals surface area contributed by atoms with Crippen LogP contribution in [0.2, 0.25) is 0 Å². The average molecular weight is 362 g/mol. The van der Waals surface area contributed by atoms with Crippen molar-refractivity contribution in [3.8, 4) is 23.5 Å². The standard InChI is InChI=1S/C17H18N2O7/c1-16-6-7-17(2,26-16)13-12(16)14(23)18(15(13)24)8-5-11(22)25-19-9(20)3-4-10(19)21/h3-4,6-7,20-21,23-24H,5,8H2,1-2H3/t16-,17+. The van der Waals surface area contributed by atoms with E-state index in [0.29, 0.717) is 15.9 Å². The SMILES string of the molecule is C[C@]12C=C[C@](C)(O1)c1c2c(O)n(CCC(=O)On2c(O)ccc2O)c1O. The van der Waals surface area contributed by atoms with Crippen LogP contribution in [-0.2, 0) is 27.3 Å². The van der Waals surface area contributed by atoms with Gasteiger partial charge in [-0.15, -0.1) is 4.73 Å². The van der Waals surface area contributed by atoms with E-state index in [-0.39, 0.29) is 24.7 Å². The van der Waals surface area contributed by atoms with Gasteiger partial charge in [0.05, 0.1) is 17.5 Å². The number of carbonyl (C=O) groups is 1. The first kappa shape index (κ1) is 16.4. The second kappa shape index (κ2) is 4.98. The second-order valence-corrected chi connectivity index (χ2v) is 6.76. The lowest BCUT2D eigenvalue weighted by atomic mass is 9.86. The number of nitrogens with zero attached hydrogens (tertiary/aromatic N) is 2. The highest BCUT2D eigenvalue weighted by molar-refractivity contribution is 5.70. The average Bonchev–Trinajstić information content (AvgIpc) is 3.21. The molecule has 2 bridgehead atoms. The number of aromatic nitrogens is 2. The maximum atomic E-state index is 12.0. The highest BCUT2D eigenvalue weighted by atomic mass is 16.7. The van der Waals surface area contributed by atoms with Gasteiger partial charge in [-0.1, -0.05) is 0 Å². The van der Waals surface area contributed by atoms with Crippen LogP contribution in [0.15, 0.2) is 24.3 Å². The minimum atomic E-state index is -0.833. The molecule has 9 nitrogen and oxygen atoms in total. The van der Waals surface area contributed by atoms with Crippen molar-refractivity contribution >= 4 is 5.97 Å². The van der Waals surface area contributed by atoms with Crippen LogP contribution in [0.3, 0.4) is 0 Å². The van der Waals surface area contributed by atoms with E-state index in [1.807, 2.05) is 12.2 Å². The van der Waals surface area contributed by atoms with E-state index in [2.05, 4.69) is 0 Å². The first-order valence-corrected chi connectivity index (χ1v) is 8.03. The topological polar surface area (TPSA) is 126 Å². The summed E-state index contributed by atoms with van der Waals surface area (Å²) in [6.45, 7) is 3.52. The highest BCUT2D eigenvalue weighted by Gasteiger charge is 2.56. The minimum Gasteiger partial charge on any atom is -0.494 e. The Morgan fingerprint density at radius 3 is 2.04 bits per heavy atom. The molecule has 0 fully saturated rings. The fraction of sp³-hybridized carbons (Fsp3) is 0.353. The van der Waals surface area contributed by atoms with E-state index in [0.717, 1.165) is 0 Å². The van der Waals surface area contributed by atoms with Crippen LogP contribution in [0.25, 0.3) is 0 Å². The molecule has 0 saturated carbocycles. The summed E-state index contributed by atoms with van der Waals surface area (Å²) < 4.78 is 7.70. The third-order valence-corrected chi connectivity index (χ3v) is 4.88. The van der Waals surface area contributed by atoms with Gasteiger partial charge in [0.1, 0.15) is 11.2 Å². The molecule has 4 heterocycles. The molecule has 138 valence electrons. The molecule has 0 aliphatic carbocycles. The van der Waals surface area contributed by atoms with Crippen molar-refractivity contribution in [1.82, 2.24) is 9.30 Å². The Morgan fingerprint density at radius 2 is 1.54 bits per heavy atom. The molecule has 4 rings (SSSR count). The van der Waals surface area contributed by atoms with Crippen molar-refractivity contribution in [1.29, 1.82) is 0 Å². The Labute approximate surface area is 147 Å². The molecule has 0 amide bonds. The molecule has 2 aromatic heterocycles. The van der Waals surface area contributed by atoms with E-state index < -0.39 is 28.9 Å². The van der Waals surface area contributed by atoms with Crippen LogP contribution >= 0.6 is 0 Å². The Hall–Kier alpha value is -3.07. The third-order valence-electron chi connectivity index (χ3n) is 4.88. The molecular formula is C17H18N2O7. The van der Waals surface area contributed by atoms with Crippen molar-refractivity contribution in [2.45, 2.75) is 38.0 Å². The monoisotopic (exact) mass is 362 g/mol. The summed E-state index contributed by atoms with van der Waals surface area (Å²) in [6, 6.07) is 2.34. The van der Waals surface area contributed by atoms with Gasteiger partial charge >= 0.3 is 5.97 Å². The summed E-state index contributed by atoms with van der Waals surface area (Å²) in [5.74, 6) is -1.97. The van der Waals surface area contributed by atoms with Gasteiger partial charge < -0.3 is 30.0 Å². The van der Waals surface area contributed by atoms with Crippen LogP contribution in [0.1, 0.15) is 31.4 Å². The van der Waals surface area contributed by atoms with E-state index in [1.165, 1.54) is 16.7 Å². The smallest absolute Gasteiger partial charge is 0.335 e. The van der Waals surface area contributed by atoms with Crippen LogP contribution < -0.4 is 4.84 Å². The van der Waals surface area contributed by atoms with E-state index in [1.54, 1.807) is 13.8 Å². The molecule has 2 aromatic rings. The van der Waals surface area contributed by atoms with Gasteiger partial charge in [-0.05, 0) is 26.0 Å². The van der Waals surface area contributed by atoms with Crippen LogP contribution in [0.5, 0.6) is 23.5 Å². The molecular weight excluding hydrogens is 344 g/mol. The van der Waals surface area contributed by atoms with Crippen LogP contribution in [0.4, 0.5) is 0 Å². The van der Waals surface area contributed by atoms with Crippen molar-refractivity contribution in [3.63, 3.8) is 0 Å². The Bertz CT molecular complexity index is 896.